The highest BCUT2D eigenvalue weighted by molar-refractivity contribution is 5.30. The van der Waals surface area contributed by atoms with Crippen molar-refractivity contribution in [1.82, 2.24) is 25.1 Å². The molecule has 0 saturated carbocycles. The van der Waals surface area contributed by atoms with Gasteiger partial charge in [-0.1, -0.05) is 24.3 Å². The molecule has 0 saturated heterocycles. The van der Waals surface area contributed by atoms with Crippen LogP contribution in [0.2, 0.25) is 0 Å². The lowest BCUT2D eigenvalue weighted by molar-refractivity contribution is 0.422. The van der Waals surface area contributed by atoms with Crippen molar-refractivity contribution in [3.8, 4) is 17.6 Å². The van der Waals surface area contributed by atoms with Gasteiger partial charge in [0, 0.05) is 12.6 Å². The maximum atomic E-state index is 5.59. The van der Waals surface area contributed by atoms with Crippen LogP contribution in [0.3, 0.4) is 0 Å². The zero-order valence-electron chi connectivity index (χ0n) is 11.6. The van der Waals surface area contributed by atoms with Crippen LogP contribution in [0.25, 0.3) is 5.69 Å². The minimum absolute atomic E-state index is 0.271. The van der Waals surface area contributed by atoms with Crippen LogP contribution in [0.4, 0.5) is 0 Å². The van der Waals surface area contributed by atoms with Gasteiger partial charge in [0.25, 0.3) is 0 Å². The number of ether oxygens (including phenoxy) is 1. The summed E-state index contributed by atoms with van der Waals surface area (Å²) in [4.78, 5) is 8.50. The summed E-state index contributed by atoms with van der Waals surface area (Å²) in [5, 5.41) is 7.33. The van der Waals surface area contributed by atoms with Gasteiger partial charge in [0.15, 0.2) is 0 Å². The lowest BCUT2D eigenvalue weighted by Crippen LogP contribution is -2.07. The summed E-state index contributed by atoms with van der Waals surface area (Å²) in [7, 11) is 1.87. The number of para-hydroxylation sites is 1. The Hall–Kier alpha value is -2.73. The fraction of sp³-hybridized carbons (Fsp3) is 0.133. The van der Waals surface area contributed by atoms with Crippen molar-refractivity contribution in [3.63, 3.8) is 0 Å². The highest BCUT2D eigenvalue weighted by Crippen LogP contribution is 2.16. The van der Waals surface area contributed by atoms with Gasteiger partial charge < -0.3 is 10.1 Å². The predicted octanol–water partition coefficient (Wildman–Crippen LogP) is 2.17. The van der Waals surface area contributed by atoms with Crippen LogP contribution >= 0.6 is 0 Å². The fourth-order valence-corrected chi connectivity index (χ4v) is 1.89. The first kappa shape index (κ1) is 13.3. The predicted molar refractivity (Wildman–Crippen MR) is 78.4 cm³/mol. The van der Waals surface area contributed by atoms with E-state index in [0.717, 1.165) is 11.4 Å². The van der Waals surface area contributed by atoms with Crippen molar-refractivity contribution in [1.29, 1.82) is 0 Å². The van der Waals surface area contributed by atoms with Gasteiger partial charge in [-0.15, -0.1) is 5.10 Å². The Balaban J connectivity index is 1.77. The number of nitrogens with one attached hydrogen (secondary N) is 1. The van der Waals surface area contributed by atoms with Gasteiger partial charge >= 0.3 is 6.01 Å². The minimum atomic E-state index is 0.271. The van der Waals surface area contributed by atoms with E-state index in [1.54, 1.807) is 17.1 Å². The number of benzene rings is 1. The van der Waals surface area contributed by atoms with Crippen LogP contribution in [-0.2, 0) is 6.54 Å². The molecule has 0 amide bonds. The van der Waals surface area contributed by atoms with Crippen LogP contribution in [-0.4, -0.2) is 26.8 Å². The molecule has 0 aliphatic heterocycles. The van der Waals surface area contributed by atoms with E-state index >= 15 is 0 Å². The summed E-state index contributed by atoms with van der Waals surface area (Å²) in [5.74, 6) is 0.480. The summed E-state index contributed by atoms with van der Waals surface area (Å²) < 4.78 is 7.25. The molecule has 3 rings (SSSR count). The summed E-state index contributed by atoms with van der Waals surface area (Å²) in [6.07, 6.45) is 1.61. The van der Waals surface area contributed by atoms with Crippen LogP contribution < -0.4 is 10.1 Å². The minimum Gasteiger partial charge on any atom is -0.404 e. The van der Waals surface area contributed by atoms with Crippen LogP contribution in [0.1, 0.15) is 5.69 Å². The quantitative estimate of drug-likeness (QED) is 0.776. The van der Waals surface area contributed by atoms with E-state index in [2.05, 4.69) is 20.4 Å². The summed E-state index contributed by atoms with van der Waals surface area (Å²) in [6.45, 7) is 0.684. The van der Waals surface area contributed by atoms with Crippen molar-refractivity contribution in [2.75, 3.05) is 7.05 Å². The number of hydrogen-bond donors (Lipinski definition) is 1. The van der Waals surface area contributed by atoms with Crippen molar-refractivity contribution in [3.05, 3.63) is 60.6 Å². The van der Waals surface area contributed by atoms with Crippen LogP contribution in [0.5, 0.6) is 11.9 Å². The fourth-order valence-electron chi connectivity index (χ4n) is 1.89. The molecule has 0 spiro atoms. The van der Waals surface area contributed by atoms with E-state index in [-0.39, 0.29) is 6.01 Å². The smallest absolute Gasteiger partial charge is 0.342 e. The molecule has 0 radical (unpaired) electrons. The second kappa shape index (κ2) is 6.15. The van der Waals surface area contributed by atoms with Crippen molar-refractivity contribution >= 4 is 0 Å². The number of nitrogens with zero attached hydrogens (tertiary/aromatic N) is 4. The standard InChI is InChI=1S/C15H15N5O/c1-16-10-12-6-5-9-14(18-12)21-15-17-11-20(19-15)13-7-3-2-4-8-13/h2-9,11,16H,10H2,1H3. The second-order valence-corrected chi connectivity index (χ2v) is 4.41. The average molecular weight is 281 g/mol. The third-order valence-corrected chi connectivity index (χ3v) is 2.83. The van der Waals surface area contributed by atoms with Crippen LogP contribution in [0.15, 0.2) is 54.9 Å². The molecule has 6 heteroatoms. The first-order valence-corrected chi connectivity index (χ1v) is 6.60. The molecule has 2 aromatic heterocycles. The first-order valence-electron chi connectivity index (χ1n) is 6.60. The molecule has 2 heterocycles. The molecule has 1 N–H and O–H groups in total. The SMILES string of the molecule is CNCc1cccc(Oc2ncn(-c3ccccc3)n2)n1. The molecule has 0 atom stereocenters. The first-order chi connectivity index (χ1) is 10.3. The third kappa shape index (κ3) is 3.24. The van der Waals surface area contributed by atoms with E-state index in [4.69, 9.17) is 4.74 Å². The largest absolute Gasteiger partial charge is 0.404 e. The average Bonchev–Trinajstić information content (AvgIpc) is 2.97. The molecular formula is C15H15N5O. The highest BCUT2D eigenvalue weighted by atomic mass is 16.5. The maximum Gasteiger partial charge on any atom is 0.342 e. The van der Waals surface area contributed by atoms with Gasteiger partial charge in [-0.05, 0) is 25.2 Å². The number of rotatable bonds is 5. The molecule has 0 fully saturated rings. The summed E-state index contributed by atoms with van der Waals surface area (Å²) >= 11 is 0. The molecule has 0 aliphatic carbocycles. The van der Waals surface area contributed by atoms with E-state index in [0.29, 0.717) is 12.4 Å². The third-order valence-electron chi connectivity index (χ3n) is 2.83. The van der Waals surface area contributed by atoms with Gasteiger partial charge in [-0.3, -0.25) is 0 Å². The van der Waals surface area contributed by atoms with E-state index in [1.807, 2.05) is 49.5 Å². The lowest BCUT2D eigenvalue weighted by Gasteiger charge is -2.03. The Kier molecular flexibility index (Phi) is 3.88. The van der Waals surface area contributed by atoms with Gasteiger partial charge in [0.2, 0.25) is 5.88 Å². The molecular weight excluding hydrogens is 266 g/mol. The second-order valence-electron chi connectivity index (χ2n) is 4.41. The van der Waals surface area contributed by atoms with Crippen molar-refractivity contribution in [2.24, 2.45) is 0 Å². The molecule has 6 nitrogen and oxygen atoms in total. The maximum absolute atomic E-state index is 5.59. The van der Waals surface area contributed by atoms with Crippen LogP contribution in [0, 0.1) is 0 Å². The van der Waals surface area contributed by atoms with E-state index < -0.39 is 0 Å². The van der Waals surface area contributed by atoms with Gasteiger partial charge in [-0.25, -0.2) is 9.67 Å². The van der Waals surface area contributed by atoms with Crippen molar-refractivity contribution < 1.29 is 4.74 Å². The zero-order valence-corrected chi connectivity index (χ0v) is 11.6. The Morgan fingerprint density at radius 2 is 1.95 bits per heavy atom. The number of pyridine rings is 1. The highest BCUT2D eigenvalue weighted by Gasteiger charge is 2.06. The normalized spacial score (nSPS) is 10.5. The van der Waals surface area contributed by atoms with Gasteiger partial charge in [0.05, 0.1) is 11.4 Å². The molecule has 0 bridgehead atoms. The Bertz CT molecular complexity index is 711. The molecule has 3 aromatic rings. The van der Waals surface area contributed by atoms with Crippen molar-refractivity contribution in [2.45, 2.75) is 6.54 Å². The van der Waals surface area contributed by atoms with E-state index in [9.17, 15) is 0 Å². The zero-order chi connectivity index (χ0) is 14.5. The molecule has 0 aliphatic rings. The Labute approximate surface area is 122 Å². The number of hydrogen-bond acceptors (Lipinski definition) is 5. The molecule has 1 aromatic carbocycles. The molecule has 106 valence electrons. The monoisotopic (exact) mass is 281 g/mol. The summed E-state index contributed by atoms with van der Waals surface area (Å²) in [5.41, 5.74) is 1.83. The topological polar surface area (TPSA) is 64.9 Å². The number of aromatic nitrogens is 4. The molecule has 21 heavy (non-hydrogen) atoms. The summed E-state index contributed by atoms with van der Waals surface area (Å²) in [6, 6.07) is 15.6. The van der Waals surface area contributed by atoms with E-state index in [1.165, 1.54) is 0 Å². The molecule has 0 unspecified atom stereocenters. The Morgan fingerprint density at radius 3 is 2.76 bits per heavy atom. The van der Waals surface area contributed by atoms with Gasteiger partial charge in [0.1, 0.15) is 6.33 Å². The van der Waals surface area contributed by atoms with Gasteiger partial charge in [-0.2, -0.15) is 4.98 Å². The lowest BCUT2D eigenvalue weighted by atomic mass is 10.3. The Morgan fingerprint density at radius 1 is 1.10 bits per heavy atom.